The number of ether oxygens (including phenoxy) is 1. The van der Waals surface area contributed by atoms with Gasteiger partial charge in [0.25, 0.3) is 0 Å². The first kappa shape index (κ1) is 19.5. The van der Waals surface area contributed by atoms with Crippen LogP contribution in [-0.2, 0) is 9.53 Å². The smallest absolute Gasteiger partial charge is 0.311 e. The topological polar surface area (TPSA) is 55.0 Å². The van der Waals surface area contributed by atoms with E-state index in [1.807, 2.05) is 32.0 Å². The number of nitrogens with zero attached hydrogens (tertiary/aromatic N) is 1. The van der Waals surface area contributed by atoms with Gasteiger partial charge in [0, 0.05) is 17.0 Å². The molecular formula is C21H32N2O2. The van der Waals surface area contributed by atoms with Gasteiger partial charge in [-0.1, -0.05) is 63.6 Å². The number of esters is 1. The quantitative estimate of drug-likeness (QED) is 0.451. The minimum atomic E-state index is -0.590. The summed E-state index contributed by atoms with van der Waals surface area (Å²) in [5.74, 6) is -0.0966. The maximum Gasteiger partial charge on any atom is 0.311 e. The number of carbonyl (C=O) groups excluding carboxylic acids is 1. The summed E-state index contributed by atoms with van der Waals surface area (Å²) in [4.78, 5) is 12.4. The summed E-state index contributed by atoms with van der Waals surface area (Å²) in [7, 11) is 1.47. The zero-order chi connectivity index (χ0) is 18.3. The first-order chi connectivity index (χ1) is 12.0. The molecular weight excluding hydrogens is 312 g/mol. The predicted molar refractivity (Wildman–Crippen MR) is 103 cm³/mol. The molecule has 138 valence electrons. The van der Waals surface area contributed by atoms with E-state index in [-0.39, 0.29) is 11.9 Å². The molecule has 1 N–H and O–H groups in total. The summed E-state index contributed by atoms with van der Waals surface area (Å²) in [6, 6.07) is 8.09. The van der Waals surface area contributed by atoms with Crippen LogP contribution in [0.3, 0.4) is 0 Å². The van der Waals surface area contributed by atoms with Gasteiger partial charge in [0.2, 0.25) is 0 Å². The number of H-pyrrole nitrogens is 1. The molecule has 1 heterocycles. The third-order valence-electron chi connectivity index (χ3n) is 5.27. The molecule has 1 aromatic carbocycles. The van der Waals surface area contributed by atoms with Gasteiger partial charge in [0.1, 0.15) is 0 Å². The fraction of sp³-hybridized carbons (Fsp3) is 0.619. The maximum atomic E-state index is 12.4. The van der Waals surface area contributed by atoms with Crippen LogP contribution in [0.1, 0.15) is 77.3 Å². The second kappa shape index (κ2) is 9.02. The highest BCUT2D eigenvalue weighted by Crippen LogP contribution is 2.42. The van der Waals surface area contributed by atoms with Crippen molar-refractivity contribution in [2.75, 3.05) is 7.11 Å². The van der Waals surface area contributed by atoms with Crippen molar-refractivity contribution in [2.45, 2.75) is 71.6 Å². The van der Waals surface area contributed by atoms with Crippen LogP contribution in [0.2, 0.25) is 0 Å². The van der Waals surface area contributed by atoms with Gasteiger partial charge in [-0.3, -0.25) is 9.89 Å². The average molecular weight is 344 g/mol. The Morgan fingerprint density at radius 2 is 1.84 bits per heavy atom. The van der Waals surface area contributed by atoms with E-state index in [2.05, 4.69) is 23.2 Å². The lowest BCUT2D eigenvalue weighted by molar-refractivity contribution is -0.152. The number of hydrogen-bond acceptors (Lipinski definition) is 3. The van der Waals surface area contributed by atoms with Crippen LogP contribution in [0.15, 0.2) is 24.3 Å². The molecule has 0 aliphatic rings. The summed E-state index contributed by atoms with van der Waals surface area (Å²) < 4.78 is 5.09. The average Bonchev–Trinajstić information content (AvgIpc) is 3.04. The SMILES string of the molecule is CCCCCCCCC(c1[nH]nc2ccccc12)C(C)(C)C(=O)OC. The number of unbranched alkanes of at least 4 members (excludes halogenated alkanes) is 5. The third kappa shape index (κ3) is 4.62. The summed E-state index contributed by atoms with van der Waals surface area (Å²) in [6.07, 6.45) is 8.42. The molecule has 0 fully saturated rings. The van der Waals surface area contributed by atoms with Gasteiger partial charge in [-0.15, -0.1) is 0 Å². The number of carbonyl (C=O) groups is 1. The van der Waals surface area contributed by atoms with E-state index < -0.39 is 5.41 Å². The number of rotatable bonds is 10. The molecule has 0 saturated heterocycles. The number of aromatic nitrogens is 2. The molecule has 2 aromatic rings. The number of nitrogens with one attached hydrogen (secondary N) is 1. The van der Waals surface area contributed by atoms with E-state index in [0.29, 0.717) is 0 Å². The number of aromatic amines is 1. The minimum Gasteiger partial charge on any atom is -0.469 e. The van der Waals surface area contributed by atoms with E-state index >= 15 is 0 Å². The summed E-state index contributed by atoms with van der Waals surface area (Å²) in [6.45, 7) is 6.20. The van der Waals surface area contributed by atoms with Crippen molar-refractivity contribution < 1.29 is 9.53 Å². The predicted octanol–water partition coefficient (Wildman–Crippen LogP) is 5.60. The molecule has 1 aromatic heterocycles. The van der Waals surface area contributed by atoms with E-state index in [9.17, 15) is 4.79 Å². The Morgan fingerprint density at radius 1 is 1.16 bits per heavy atom. The van der Waals surface area contributed by atoms with Crippen molar-refractivity contribution in [2.24, 2.45) is 5.41 Å². The minimum absolute atomic E-state index is 0.0681. The standard InChI is InChI=1S/C21H32N2O2/c1-5-6-7-8-9-10-14-17(21(2,3)20(24)25-4)19-16-13-11-12-15-18(16)22-23-19/h11-13,15,17H,5-10,14H2,1-4H3,(H,22,23). The largest absolute Gasteiger partial charge is 0.469 e. The van der Waals surface area contributed by atoms with Crippen LogP contribution in [0.4, 0.5) is 0 Å². The van der Waals surface area contributed by atoms with Crippen molar-refractivity contribution in [3.63, 3.8) is 0 Å². The monoisotopic (exact) mass is 344 g/mol. The molecule has 0 amide bonds. The van der Waals surface area contributed by atoms with Gasteiger partial charge in [-0.25, -0.2) is 0 Å². The van der Waals surface area contributed by atoms with Gasteiger partial charge in [-0.05, 0) is 26.3 Å². The molecule has 0 spiro atoms. The molecule has 4 nitrogen and oxygen atoms in total. The zero-order valence-electron chi connectivity index (χ0n) is 16.1. The van der Waals surface area contributed by atoms with E-state index in [0.717, 1.165) is 29.4 Å². The van der Waals surface area contributed by atoms with Crippen molar-refractivity contribution in [1.82, 2.24) is 10.2 Å². The Labute approximate surface area is 151 Å². The lowest BCUT2D eigenvalue weighted by Gasteiger charge is -2.31. The molecule has 25 heavy (non-hydrogen) atoms. The highest BCUT2D eigenvalue weighted by Gasteiger charge is 2.40. The zero-order valence-corrected chi connectivity index (χ0v) is 16.1. The highest BCUT2D eigenvalue weighted by molar-refractivity contribution is 5.84. The van der Waals surface area contributed by atoms with Crippen LogP contribution in [0.5, 0.6) is 0 Å². The van der Waals surface area contributed by atoms with Crippen molar-refractivity contribution >= 4 is 16.9 Å². The summed E-state index contributed by atoms with van der Waals surface area (Å²) in [5, 5.41) is 8.74. The lowest BCUT2D eigenvalue weighted by Crippen LogP contribution is -2.33. The summed E-state index contributed by atoms with van der Waals surface area (Å²) >= 11 is 0. The molecule has 0 saturated carbocycles. The molecule has 0 aliphatic heterocycles. The molecule has 1 unspecified atom stereocenters. The fourth-order valence-corrected chi connectivity index (χ4v) is 3.65. The van der Waals surface area contributed by atoms with Crippen molar-refractivity contribution in [3.8, 4) is 0 Å². The number of benzene rings is 1. The van der Waals surface area contributed by atoms with Gasteiger partial charge in [0.05, 0.1) is 18.0 Å². The van der Waals surface area contributed by atoms with Crippen LogP contribution in [-0.4, -0.2) is 23.3 Å². The Kier molecular flexibility index (Phi) is 7.03. The van der Waals surface area contributed by atoms with Crippen molar-refractivity contribution in [1.29, 1.82) is 0 Å². The van der Waals surface area contributed by atoms with Gasteiger partial charge >= 0.3 is 5.97 Å². The Bertz CT molecular complexity index is 675. The Morgan fingerprint density at radius 3 is 2.56 bits per heavy atom. The molecule has 4 heteroatoms. The van der Waals surface area contributed by atoms with Crippen LogP contribution in [0.25, 0.3) is 10.9 Å². The second-order valence-corrected chi connectivity index (χ2v) is 7.48. The van der Waals surface area contributed by atoms with Crippen LogP contribution < -0.4 is 0 Å². The second-order valence-electron chi connectivity index (χ2n) is 7.48. The Hall–Kier alpha value is -1.84. The Balaban J connectivity index is 2.19. The van der Waals surface area contributed by atoms with Gasteiger partial charge in [-0.2, -0.15) is 5.10 Å². The molecule has 0 aliphatic carbocycles. The molecule has 2 rings (SSSR count). The number of para-hydroxylation sites is 1. The molecule has 1 atom stereocenters. The van der Waals surface area contributed by atoms with Crippen LogP contribution >= 0.6 is 0 Å². The fourth-order valence-electron chi connectivity index (χ4n) is 3.65. The number of hydrogen-bond donors (Lipinski definition) is 1. The number of fused-ring (bicyclic) bond motifs is 1. The molecule has 0 radical (unpaired) electrons. The maximum absolute atomic E-state index is 12.4. The first-order valence-electron chi connectivity index (χ1n) is 9.53. The lowest BCUT2D eigenvalue weighted by atomic mass is 9.73. The van der Waals surface area contributed by atoms with E-state index in [1.165, 1.54) is 39.2 Å². The van der Waals surface area contributed by atoms with Crippen LogP contribution in [0, 0.1) is 5.41 Å². The van der Waals surface area contributed by atoms with Gasteiger partial charge < -0.3 is 4.74 Å². The van der Waals surface area contributed by atoms with E-state index in [4.69, 9.17) is 4.74 Å². The molecule has 0 bridgehead atoms. The highest BCUT2D eigenvalue weighted by atomic mass is 16.5. The first-order valence-corrected chi connectivity index (χ1v) is 9.53. The third-order valence-corrected chi connectivity index (χ3v) is 5.27. The van der Waals surface area contributed by atoms with E-state index in [1.54, 1.807) is 0 Å². The van der Waals surface area contributed by atoms with Crippen molar-refractivity contribution in [3.05, 3.63) is 30.0 Å². The normalized spacial score (nSPS) is 13.1. The van der Waals surface area contributed by atoms with Gasteiger partial charge in [0.15, 0.2) is 0 Å². The number of methoxy groups -OCH3 is 1. The summed E-state index contributed by atoms with van der Waals surface area (Å²) in [5.41, 5.74) is 1.42.